The molecule has 0 aliphatic rings. The number of likely N-dealkylation sites (N-methyl/N-ethyl adjacent to an activating group) is 1. The number of benzene rings is 3. The van der Waals surface area contributed by atoms with Gasteiger partial charge in [0.1, 0.15) is 5.60 Å². The molecule has 0 heterocycles. The van der Waals surface area contributed by atoms with Crippen molar-refractivity contribution in [3.8, 4) is 11.1 Å². The number of nitrogens with zero attached hydrogens (tertiary/aromatic N) is 1. The van der Waals surface area contributed by atoms with Crippen molar-refractivity contribution in [1.29, 1.82) is 0 Å². The molecule has 38 heavy (non-hydrogen) atoms. The van der Waals surface area contributed by atoms with E-state index in [2.05, 4.69) is 0 Å². The zero-order valence-corrected chi connectivity index (χ0v) is 22.6. The lowest BCUT2D eigenvalue weighted by molar-refractivity contribution is -0.173. The van der Waals surface area contributed by atoms with Crippen LogP contribution in [0.5, 0.6) is 0 Å². The molecule has 3 rings (SSSR count). The van der Waals surface area contributed by atoms with Crippen LogP contribution in [0.1, 0.15) is 43.6 Å². The van der Waals surface area contributed by atoms with Crippen molar-refractivity contribution in [2.75, 3.05) is 20.2 Å². The van der Waals surface area contributed by atoms with Gasteiger partial charge in [-0.3, -0.25) is 14.4 Å². The number of amides is 1. The van der Waals surface area contributed by atoms with E-state index in [4.69, 9.17) is 15.2 Å². The van der Waals surface area contributed by atoms with Gasteiger partial charge in [0.05, 0.1) is 12.1 Å². The van der Waals surface area contributed by atoms with E-state index in [1.165, 1.54) is 4.90 Å². The van der Waals surface area contributed by atoms with Gasteiger partial charge in [0.25, 0.3) is 5.91 Å². The summed E-state index contributed by atoms with van der Waals surface area (Å²) in [5.41, 5.74) is 7.41. The third kappa shape index (κ3) is 6.86. The van der Waals surface area contributed by atoms with Crippen molar-refractivity contribution >= 4 is 17.8 Å². The third-order valence-corrected chi connectivity index (χ3v) is 6.08. The van der Waals surface area contributed by atoms with Crippen LogP contribution in [0.4, 0.5) is 0 Å². The smallest absolute Gasteiger partial charge is 0.323 e. The van der Waals surface area contributed by atoms with Crippen molar-refractivity contribution in [2.45, 2.75) is 38.8 Å². The summed E-state index contributed by atoms with van der Waals surface area (Å²) in [5.74, 6) is -3.44. The summed E-state index contributed by atoms with van der Waals surface area (Å²) < 4.78 is 10.9. The van der Waals surface area contributed by atoms with Crippen LogP contribution in [0.2, 0.25) is 0 Å². The molecule has 0 aliphatic heterocycles. The fraction of sp³-hybridized carbons (Fsp3) is 0.323. The summed E-state index contributed by atoms with van der Waals surface area (Å²) in [6, 6.07) is 25.8. The molecule has 0 aliphatic carbocycles. The molecule has 0 spiro atoms. The molecule has 0 radical (unpaired) electrons. The molecule has 2 N–H and O–H groups in total. The first kappa shape index (κ1) is 28.6. The summed E-state index contributed by atoms with van der Waals surface area (Å²) in [7, 11) is 1.59. The molecular formula is C31H36N2O5. The normalized spacial score (nSPS) is 13.6. The molecular weight excluding hydrogens is 480 g/mol. The number of carbonyl (C=O) groups is 3. The molecule has 7 nitrogen and oxygen atoms in total. The Balaban J connectivity index is 2.10. The van der Waals surface area contributed by atoms with E-state index in [-0.39, 0.29) is 19.1 Å². The number of nitrogens with two attached hydrogens (primary N) is 1. The number of hydrogen-bond donors (Lipinski definition) is 1. The van der Waals surface area contributed by atoms with Gasteiger partial charge in [-0.15, -0.1) is 0 Å². The summed E-state index contributed by atoms with van der Waals surface area (Å²) in [6.45, 7) is 6.71. The second-order valence-electron chi connectivity index (χ2n) is 10.2. The molecule has 0 fully saturated rings. The van der Waals surface area contributed by atoms with E-state index < -0.39 is 29.0 Å². The quantitative estimate of drug-likeness (QED) is 0.324. The second kappa shape index (κ2) is 12.0. The molecule has 0 saturated heterocycles. The maximum Gasteiger partial charge on any atom is 0.323 e. The topological polar surface area (TPSA) is 98.9 Å². The van der Waals surface area contributed by atoms with Crippen LogP contribution in [-0.2, 0) is 24.6 Å². The Labute approximate surface area is 224 Å². The summed E-state index contributed by atoms with van der Waals surface area (Å²) in [5, 5.41) is 0. The fourth-order valence-electron chi connectivity index (χ4n) is 4.32. The molecule has 0 aromatic heterocycles. The van der Waals surface area contributed by atoms with Crippen LogP contribution < -0.4 is 5.73 Å². The van der Waals surface area contributed by atoms with Gasteiger partial charge in [-0.1, -0.05) is 72.8 Å². The van der Waals surface area contributed by atoms with E-state index in [0.717, 1.165) is 11.1 Å². The van der Waals surface area contributed by atoms with Crippen molar-refractivity contribution in [2.24, 2.45) is 11.7 Å². The fourth-order valence-corrected chi connectivity index (χ4v) is 4.32. The number of ether oxygens (including phenoxy) is 2. The Kier molecular flexibility index (Phi) is 9.07. The molecule has 3 aromatic carbocycles. The van der Waals surface area contributed by atoms with Gasteiger partial charge < -0.3 is 20.1 Å². The number of esters is 2. The largest absolute Gasteiger partial charge is 0.465 e. The van der Waals surface area contributed by atoms with Crippen molar-refractivity contribution in [3.63, 3.8) is 0 Å². The lowest BCUT2D eigenvalue weighted by Gasteiger charge is -2.39. The molecule has 2 unspecified atom stereocenters. The predicted octanol–water partition coefficient (Wildman–Crippen LogP) is 4.80. The lowest BCUT2D eigenvalue weighted by atomic mass is 9.77. The highest BCUT2D eigenvalue weighted by Crippen LogP contribution is 2.33. The minimum atomic E-state index is -1.65. The van der Waals surface area contributed by atoms with E-state index in [1.807, 2.05) is 48.5 Å². The first-order valence-electron chi connectivity index (χ1n) is 12.6. The van der Waals surface area contributed by atoms with Crippen LogP contribution in [0, 0.1) is 5.92 Å². The number of carbonyl (C=O) groups excluding carboxylic acids is 3. The Bertz CT molecular complexity index is 1240. The zero-order valence-electron chi connectivity index (χ0n) is 22.6. The summed E-state index contributed by atoms with van der Waals surface area (Å²) in [6.07, 6.45) is 0. The Morgan fingerprint density at radius 1 is 0.816 bits per heavy atom. The van der Waals surface area contributed by atoms with E-state index in [9.17, 15) is 14.4 Å². The monoisotopic (exact) mass is 516 g/mol. The lowest BCUT2D eigenvalue weighted by Crippen LogP contribution is -2.59. The van der Waals surface area contributed by atoms with Crippen LogP contribution in [0.25, 0.3) is 11.1 Å². The Morgan fingerprint density at radius 2 is 1.34 bits per heavy atom. The number of rotatable bonds is 9. The average molecular weight is 517 g/mol. The molecule has 2 atom stereocenters. The molecule has 3 aromatic rings. The molecule has 0 bridgehead atoms. The van der Waals surface area contributed by atoms with E-state index >= 15 is 0 Å². The van der Waals surface area contributed by atoms with Gasteiger partial charge in [-0.25, -0.2) is 0 Å². The second-order valence-corrected chi connectivity index (χ2v) is 10.2. The molecule has 7 heteroatoms. The summed E-state index contributed by atoms with van der Waals surface area (Å²) >= 11 is 0. The van der Waals surface area contributed by atoms with E-state index in [0.29, 0.717) is 11.1 Å². The number of hydrogen-bond acceptors (Lipinski definition) is 6. The highest BCUT2D eigenvalue weighted by molar-refractivity contribution is 5.98. The minimum Gasteiger partial charge on any atom is -0.465 e. The zero-order chi connectivity index (χ0) is 27.9. The van der Waals surface area contributed by atoms with Crippen molar-refractivity contribution < 1.29 is 23.9 Å². The van der Waals surface area contributed by atoms with Gasteiger partial charge in [0.15, 0.2) is 5.92 Å². The average Bonchev–Trinajstić information content (AvgIpc) is 2.88. The maximum absolute atomic E-state index is 13.5. The first-order valence-corrected chi connectivity index (χ1v) is 12.6. The van der Waals surface area contributed by atoms with Crippen molar-refractivity contribution in [1.82, 2.24) is 4.90 Å². The van der Waals surface area contributed by atoms with E-state index in [1.54, 1.807) is 71.1 Å². The predicted molar refractivity (Wildman–Crippen MR) is 147 cm³/mol. The Morgan fingerprint density at radius 3 is 1.87 bits per heavy atom. The van der Waals surface area contributed by atoms with Gasteiger partial charge in [0.2, 0.25) is 0 Å². The Hall–Kier alpha value is -3.97. The van der Waals surface area contributed by atoms with Gasteiger partial charge in [-0.05, 0) is 56.5 Å². The highest BCUT2D eigenvalue weighted by atomic mass is 16.6. The third-order valence-electron chi connectivity index (χ3n) is 6.08. The van der Waals surface area contributed by atoms with Gasteiger partial charge in [0, 0.05) is 19.2 Å². The van der Waals surface area contributed by atoms with Gasteiger partial charge >= 0.3 is 11.9 Å². The molecule has 1 amide bonds. The SMILES string of the molecule is CCOC(=O)C(C(=O)OC(C)(C)C)C(N)(CN(C)C(=O)c1ccccc1)c1ccc(-c2ccccc2)cc1. The first-order chi connectivity index (χ1) is 18.0. The molecule has 0 saturated carbocycles. The highest BCUT2D eigenvalue weighted by Gasteiger charge is 2.50. The minimum absolute atomic E-state index is 0.0555. The van der Waals surface area contributed by atoms with Gasteiger partial charge in [-0.2, -0.15) is 0 Å². The van der Waals surface area contributed by atoms with Crippen molar-refractivity contribution in [3.05, 3.63) is 96.1 Å². The van der Waals surface area contributed by atoms with Crippen LogP contribution in [0.3, 0.4) is 0 Å². The molecule has 200 valence electrons. The van der Waals surface area contributed by atoms with Crippen LogP contribution >= 0.6 is 0 Å². The van der Waals surface area contributed by atoms with Crippen LogP contribution in [0.15, 0.2) is 84.9 Å². The summed E-state index contributed by atoms with van der Waals surface area (Å²) in [4.78, 5) is 41.5. The standard InChI is InChI=1S/C31H36N2O5/c1-6-37-28(35)26(29(36)38-30(2,3)4)31(32,21-33(5)27(34)24-15-11-8-12-16-24)25-19-17-23(18-20-25)22-13-9-7-10-14-22/h7-20,26H,6,21,32H2,1-5H3. The van der Waals surface area contributed by atoms with Crippen LogP contribution in [-0.4, -0.2) is 48.5 Å². The maximum atomic E-state index is 13.5.